The molecule has 0 aromatic heterocycles. The summed E-state index contributed by atoms with van der Waals surface area (Å²) in [6.45, 7) is 0. The fraction of sp³-hybridized carbons (Fsp3) is 0.857. The average Bonchev–Trinajstić information content (AvgIpc) is 2.47. The van der Waals surface area contributed by atoms with Gasteiger partial charge in [0.1, 0.15) is 5.71 Å². The summed E-state index contributed by atoms with van der Waals surface area (Å²) in [6.07, 6.45) is 2.46. The summed E-state index contributed by atoms with van der Waals surface area (Å²) in [7, 11) is 3.11. The number of hydrogen-bond acceptors (Lipinski definition) is 4. The molecule has 0 radical (unpaired) electrons. The van der Waals surface area contributed by atoms with E-state index in [-0.39, 0.29) is 0 Å². The Labute approximate surface area is 65.8 Å². The molecule has 0 unspecified atom stereocenters. The molecule has 1 fully saturated rings. The van der Waals surface area contributed by atoms with E-state index in [1.54, 1.807) is 14.2 Å². The van der Waals surface area contributed by atoms with E-state index in [2.05, 4.69) is 5.16 Å². The van der Waals surface area contributed by atoms with Gasteiger partial charge < -0.3 is 14.7 Å². The first-order valence-corrected chi connectivity index (χ1v) is 3.61. The van der Waals surface area contributed by atoms with Crippen LogP contribution in [-0.2, 0) is 9.47 Å². The Morgan fingerprint density at radius 3 is 2.45 bits per heavy atom. The summed E-state index contributed by atoms with van der Waals surface area (Å²) in [5.74, 6) is -0.755. The van der Waals surface area contributed by atoms with Gasteiger partial charge in [-0.25, -0.2) is 0 Å². The van der Waals surface area contributed by atoms with E-state index in [4.69, 9.17) is 14.7 Å². The number of nitrogens with zero attached hydrogens (tertiary/aromatic N) is 1. The second-order valence-corrected chi connectivity index (χ2v) is 2.56. The largest absolute Gasteiger partial charge is 0.411 e. The molecule has 0 aliphatic heterocycles. The van der Waals surface area contributed by atoms with E-state index in [9.17, 15) is 0 Å². The van der Waals surface area contributed by atoms with Crippen LogP contribution in [-0.4, -0.2) is 30.9 Å². The van der Waals surface area contributed by atoms with Gasteiger partial charge >= 0.3 is 0 Å². The minimum Gasteiger partial charge on any atom is -0.411 e. The topological polar surface area (TPSA) is 51.0 Å². The van der Waals surface area contributed by atoms with Crippen molar-refractivity contribution < 1.29 is 14.7 Å². The third-order valence-corrected chi connectivity index (χ3v) is 2.14. The van der Waals surface area contributed by atoms with Gasteiger partial charge in [0.25, 0.3) is 0 Å². The normalized spacial score (nSPS) is 26.2. The van der Waals surface area contributed by atoms with Crippen LogP contribution in [0.2, 0.25) is 0 Å². The summed E-state index contributed by atoms with van der Waals surface area (Å²) in [5, 5.41) is 11.7. The van der Waals surface area contributed by atoms with Crippen LogP contribution in [0.15, 0.2) is 5.16 Å². The highest BCUT2D eigenvalue weighted by Gasteiger charge is 2.41. The molecule has 1 saturated carbocycles. The second-order valence-electron chi connectivity index (χ2n) is 2.56. The molecule has 11 heavy (non-hydrogen) atoms. The molecule has 0 atom stereocenters. The van der Waals surface area contributed by atoms with Crippen LogP contribution in [0.5, 0.6) is 0 Å². The van der Waals surface area contributed by atoms with Crippen LogP contribution in [0.1, 0.15) is 19.3 Å². The van der Waals surface area contributed by atoms with Gasteiger partial charge in [-0.2, -0.15) is 0 Å². The van der Waals surface area contributed by atoms with Crippen LogP contribution in [0.25, 0.3) is 0 Å². The molecular formula is C7H13NO3. The molecule has 4 nitrogen and oxygen atoms in total. The van der Waals surface area contributed by atoms with Gasteiger partial charge in [0, 0.05) is 20.6 Å². The van der Waals surface area contributed by atoms with Gasteiger partial charge in [0.05, 0.1) is 0 Å². The van der Waals surface area contributed by atoms with Crippen LogP contribution in [0.4, 0.5) is 0 Å². The lowest BCUT2D eigenvalue weighted by Crippen LogP contribution is -2.38. The zero-order valence-electron chi connectivity index (χ0n) is 6.83. The van der Waals surface area contributed by atoms with Crippen LogP contribution in [0.3, 0.4) is 0 Å². The Bertz CT molecular complexity index is 163. The molecule has 0 saturated heterocycles. The number of hydrogen-bond donors (Lipinski definition) is 1. The molecule has 4 heteroatoms. The van der Waals surface area contributed by atoms with E-state index in [0.29, 0.717) is 5.71 Å². The van der Waals surface area contributed by atoms with Crippen molar-refractivity contribution in [3.8, 4) is 0 Å². The monoisotopic (exact) mass is 159 g/mol. The number of rotatable bonds is 2. The van der Waals surface area contributed by atoms with Crippen molar-refractivity contribution in [1.82, 2.24) is 0 Å². The van der Waals surface area contributed by atoms with Crippen molar-refractivity contribution >= 4 is 5.71 Å². The molecular weight excluding hydrogens is 146 g/mol. The zero-order chi connectivity index (χ0) is 8.32. The Morgan fingerprint density at radius 2 is 2.09 bits per heavy atom. The molecule has 1 rings (SSSR count). The van der Waals surface area contributed by atoms with Crippen molar-refractivity contribution in [1.29, 1.82) is 0 Å². The van der Waals surface area contributed by atoms with Gasteiger partial charge in [0.15, 0.2) is 0 Å². The lowest BCUT2D eigenvalue weighted by Gasteiger charge is -2.25. The second kappa shape index (κ2) is 3.19. The number of oxime groups is 1. The van der Waals surface area contributed by atoms with E-state index < -0.39 is 5.79 Å². The molecule has 64 valence electrons. The third-order valence-electron chi connectivity index (χ3n) is 2.14. The highest BCUT2D eigenvalue weighted by molar-refractivity contribution is 5.92. The highest BCUT2D eigenvalue weighted by atomic mass is 16.7. The predicted molar refractivity (Wildman–Crippen MR) is 39.8 cm³/mol. The summed E-state index contributed by atoms with van der Waals surface area (Å²) in [6, 6.07) is 0. The fourth-order valence-electron chi connectivity index (χ4n) is 1.47. The van der Waals surface area contributed by atoms with E-state index >= 15 is 0 Å². The minimum absolute atomic E-state index is 0.586. The molecule has 1 N–H and O–H groups in total. The molecule has 0 heterocycles. The van der Waals surface area contributed by atoms with E-state index in [1.807, 2.05) is 0 Å². The minimum atomic E-state index is -0.755. The first kappa shape index (κ1) is 8.49. The molecule has 0 aromatic carbocycles. The maximum Gasteiger partial charge on any atom is 0.211 e. The fourth-order valence-corrected chi connectivity index (χ4v) is 1.47. The molecule has 1 aliphatic rings. The van der Waals surface area contributed by atoms with Crippen LogP contribution < -0.4 is 0 Å². The summed E-state index contributed by atoms with van der Waals surface area (Å²) in [5.41, 5.74) is 0.586. The van der Waals surface area contributed by atoms with Gasteiger partial charge in [-0.3, -0.25) is 0 Å². The SMILES string of the molecule is COC1(OC)CCC/C1=N\O. The maximum atomic E-state index is 8.59. The van der Waals surface area contributed by atoms with Crippen molar-refractivity contribution in [2.75, 3.05) is 14.2 Å². The molecule has 0 spiro atoms. The van der Waals surface area contributed by atoms with Crippen molar-refractivity contribution in [3.63, 3.8) is 0 Å². The standard InChI is InChI=1S/C7H13NO3/c1-10-7(11-2)5-3-4-6(7)8-9/h9H,3-5H2,1-2H3/b8-6+. The quantitative estimate of drug-likeness (QED) is 0.371. The maximum absolute atomic E-state index is 8.59. The van der Waals surface area contributed by atoms with Gasteiger partial charge in [-0.1, -0.05) is 5.16 Å². The molecule has 0 aromatic rings. The first-order chi connectivity index (χ1) is 5.29. The van der Waals surface area contributed by atoms with Gasteiger partial charge in [-0.05, 0) is 12.8 Å². The summed E-state index contributed by atoms with van der Waals surface area (Å²) in [4.78, 5) is 0. The smallest absolute Gasteiger partial charge is 0.211 e. The first-order valence-electron chi connectivity index (χ1n) is 3.61. The average molecular weight is 159 g/mol. The Balaban J connectivity index is 2.81. The highest BCUT2D eigenvalue weighted by Crippen LogP contribution is 2.30. The lowest BCUT2D eigenvalue weighted by atomic mass is 10.2. The zero-order valence-corrected chi connectivity index (χ0v) is 6.83. The van der Waals surface area contributed by atoms with Crippen molar-refractivity contribution in [2.24, 2.45) is 5.16 Å². The van der Waals surface area contributed by atoms with Gasteiger partial charge in [0.2, 0.25) is 5.79 Å². The molecule has 1 aliphatic carbocycles. The Morgan fingerprint density at radius 1 is 1.45 bits per heavy atom. The lowest BCUT2D eigenvalue weighted by molar-refractivity contribution is -0.152. The molecule has 0 amide bonds. The Hall–Kier alpha value is -0.610. The number of methoxy groups -OCH3 is 2. The molecule has 0 bridgehead atoms. The van der Waals surface area contributed by atoms with E-state index in [1.165, 1.54) is 0 Å². The van der Waals surface area contributed by atoms with Crippen LogP contribution in [0, 0.1) is 0 Å². The van der Waals surface area contributed by atoms with E-state index in [0.717, 1.165) is 19.3 Å². The van der Waals surface area contributed by atoms with Crippen LogP contribution >= 0.6 is 0 Å². The van der Waals surface area contributed by atoms with Gasteiger partial charge in [-0.15, -0.1) is 0 Å². The summed E-state index contributed by atoms with van der Waals surface area (Å²) < 4.78 is 10.3. The predicted octanol–water partition coefficient (Wildman–Crippen LogP) is 0.990. The third kappa shape index (κ3) is 1.23. The summed E-state index contributed by atoms with van der Waals surface area (Å²) >= 11 is 0. The Kier molecular flexibility index (Phi) is 2.46. The number of ether oxygens (including phenoxy) is 2. The van der Waals surface area contributed by atoms with Crippen molar-refractivity contribution in [3.05, 3.63) is 0 Å². The van der Waals surface area contributed by atoms with Crippen molar-refractivity contribution in [2.45, 2.75) is 25.0 Å².